The number of carbonyl (C=O) groups is 1. The van der Waals surface area contributed by atoms with E-state index >= 15 is 0 Å². The molecule has 1 aromatic carbocycles. The second-order valence-electron chi connectivity index (χ2n) is 4.25. The van der Waals surface area contributed by atoms with Crippen LogP contribution in [0.25, 0.3) is 0 Å². The molecule has 1 N–H and O–H groups in total. The summed E-state index contributed by atoms with van der Waals surface area (Å²) in [6, 6.07) is 5.66. The first-order valence-corrected chi connectivity index (χ1v) is 6.39. The van der Waals surface area contributed by atoms with Gasteiger partial charge in [-0.1, -0.05) is 24.6 Å². The van der Waals surface area contributed by atoms with Crippen LogP contribution < -0.4 is 10.2 Å². The maximum absolute atomic E-state index is 11.9. The molecule has 0 bridgehead atoms. The molecular formula is C13H17ClN2O. The van der Waals surface area contributed by atoms with E-state index < -0.39 is 0 Å². The van der Waals surface area contributed by atoms with Gasteiger partial charge in [0.25, 0.3) is 0 Å². The smallest absolute Gasteiger partial charge is 0.231 e. The highest BCUT2D eigenvalue weighted by atomic mass is 35.5. The van der Waals surface area contributed by atoms with Gasteiger partial charge in [-0.15, -0.1) is 0 Å². The molecule has 1 amide bonds. The van der Waals surface area contributed by atoms with Gasteiger partial charge in [0.15, 0.2) is 0 Å². The van der Waals surface area contributed by atoms with Gasteiger partial charge in [-0.3, -0.25) is 4.79 Å². The van der Waals surface area contributed by atoms with Crippen LogP contribution in [-0.4, -0.2) is 25.5 Å². The Morgan fingerprint density at radius 2 is 2.24 bits per heavy atom. The van der Waals surface area contributed by atoms with Crippen molar-refractivity contribution in [3.63, 3.8) is 0 Å². The van der Waals surface area contributed by atoms with E-state index in [0.717, 1.165) is 30.8 Å². The van der Waals surface area contributed by atoms with Crippen molar-refractivity contribution < 1.29 is 4.79 Å². The normalized spacial score (nSPS) is 14.2. The summed E-state index contributed by atoms with van der Waals surface area (Å²) in [5.74, 6) is 0.167. The van der Waals surface area contributed by atoms with E-state index in [9.17, 15) is 4.79 Å². The Morgan fingerprint density at radius 3 is 3.00 bits per heavy atom. The number of halogens is 1. The fourth-order valence-electron chi connectivity index (χ4n) is 2.07. The first-order chi connectivity index (χ1) is 8.22. The van der Waals surface area contributed by atoms with Crippen molar-refractivity contribution >= 4 is 23.2 Å². The number of nitrogens with one attached hydrogen (secondary N) is 1. The van der Waals surface area contributed by atoms with Crippen LogP contribution in [0.3, 0.4) is 0 Å². The lowest BCUT2D eigenvalue weighted by molar-refractivity contribution is -0.117. The third-order valence-electron chi connectivity index (χ3n) is 2.92. The number of hydrogen-bond donors (Lipinski definition) is 1. The first kappa shape index (κ1) is 12.4. The monoisotopic (exact) mass is 252 g/mol. The fraction of sp³-hybridized carbons (Fsp3) is 0.462. The lowest BCUT2D eigenvalue weighted by atomic mass is 10.2. The molecule has 92 valence electrons. The maximum atomic E-state index is 11.9. The van der Waals surface area contributed by atoms with Crippen LogP contribution in [0.4, 0.5) is 5.69 Å². The van der Waals surface area contributed by atoms with E-state index in [1.807, 2.05) is 23.1 Å². The molecule has 17 heavy (non-hydrogen) atoms. The van der Waals surface area contributed by atoms with Crippen molar-refractivity contribution in [2.45, 2.75) is 19.8 Å². The second-order valence-corrected chi connectivity index (χ2v) is 4.68. The average molecular weight is 253 g/mol. The molecule has 0 saturated carbocycles. The van der Waals surface area contributed by atoms with Crippen LogP contribution >= 0.6 is 11.6 Å². The minimum absolute atomic E-state index is 0.167. The van der Waals surface area contributed by atoms with E-state index in [2.05, 4.69) is 12.2 Å². The number of hydrogen-bond acceptors (Lipinski definition) is 2. The van der Waals surface area contributed by atoms with Gasteiger partial charge in [-0.05, 0) is 30.7 Å². The molecule has 1 heterocycles. The summed E-state index contributed by atoms with van der Waals surface area (Å²) in [6.45, 7) is 4.66. The number of amides is 1. The molecule has 1 aliphatic rings. The van der Waals surface area contributed by atoms with Crippen LogP contribution in [0.1, 0.15) is 18.9 Å². The molecule has 0 unspecified atom stereocenters. The number of rotatable bonds is 5. The van der Waals surface area contributed by atoms with Gasteiger partial charge in [-0.25, -0.2) is 0 Å². The SMILES string of the molecule is CCCNCCN1C(=O)Cc2ccc(Cl)cc21. The standard InChI is InChI=1S/C13H17ClN2O/c1-2-5-15-6-7-16-12-9-11(14)4-3-10(12)8-13(16)17/h3-4,9,15H,2,5-8H2,1H3. The topological polar surface area (TPSA) is 32.3 Å². The van der Waals surface area contributed by atoms with Crippen LogP contribution in [0, 0.1) is 0 Å². The van der Waals surface area contributed by atoms with Crippen molar-refractivity contribution in [1.29, 1.82) is 0 Å². The molecule has 1 aromatic rings. The highest BCUT2D eigenvalue weighted by Gasteiger charge is 2.26. The summed E-state index contributed by atoms with van der Waals surface area (Å²) < 4.78 is 0. The quantitative estimate of drug-likeness (QED) is 0.815. The van der Waals surface area contributed by atoms with Gasteiger partial charge in [-0.2, -0.15) is 0 Å². The number of fused-ring (bicyclic) bond motifs is 1. The van der Waals surface area contributed by atoms with Crippen LogP contribution in [0.2, 0.25) is 5.02 Å². The molecule has 1 aliphatic heterocycles. The average Bonchev–Trinajstić information content (AvgIpc) is 2.61. The Morgan fingerprint density at radius 1 is 1.41 bits per heavy atom. The lowest BCUT2D eigenvalue weighted by Crippen LogP contribution is -2.34. The molecular weight excluding hydrogens is 236 g/mol. The number of benzene rings is 1. The first-order valence-electron chi connectivity index (χ1n) is 6.02. The molecule has 0 spiro atoms. The minimum atomic E-state index is 0.167. The van der Waals surface area contributed by atoms with Crippen molar-refractivity contribution in [3.8, 4) is 0 Å². The Kier molecular flexibility index (Phi) is 4.02. The zero-order chi connectivity index (χ0) is 12.3. The number of anilines is 1. The van der Waals surface area contributed by atoms with Crippen molar-refractivity contribution in [3.05, 3.63) is 28.8 Å². The number of carbonyl (C=O) groups excluding carboxylic acids is 1. The zero-order valence-corrected chi connectivity index (χ0v) is 10.8. The van der Waals surface area contributed by atoms with E-state index in [1.165, 1.54) is 0 Å². The van der Waals surface area contributed by atoms with Gasteiger partial charge >= 0.3 is 0 Å². The lowest BCUT2D eigenvalue weighted by Gasteiger charge is -2.17. The highest BCUT2D eigenvalue weighted by Crippen LogP contribution is 2.30. The molecule has 2 rings (SSSR count). The van der Waals surface area contributed by atoms with E-state index in [0.29, 0.717) is 18.0 Å². The number of nitrogens with zero attached hydrogens (tertiary/aromatic N) is 1. The second kappa shape index (κ2) is 5.52. The third kappa shape index (κ3) is 2.79. The van der Waals surface area contributed by atoms with Crippen LogP contribution in [-0.2, 0) is 11.2 Å². The van der Waals surface area contributed by atoms with E-state index in [1.54, 1.807) is 0 Å². The minimum Gasteiger partial charge on any atom is -0.315 e. The van der Waals surface area contributed by atoms with Gasteiger partial charge in [0, 0.05) is 23.8 Å². The fourth-order valence-corrected chi connectivity index (χ4v) is 2.23. The zero-order valence-electron chi connectivity index (χ0n) is 10.0. The predicted molar refractivity (Wildman–Crippen MR) is 70.7 cm³/mol. The molecule has 0 saturated heterocycles. The summed E-state index contributed by atoms with van der Waals surface area (Å²) >= 11 is 5.97. The van der Waals surface area contributed by atoms with Gasteiger partial charge < -0.3 is 10.2 Å². The molecule has 0 radical (unpaired) electrons. The molecule has 4 heteroatoms. The summed E-state index contributed by atoms with van der Waals surface area (Å²) in [4.78, 5) is 13.7. The van der Waals surface area contributed by atoms with Gasteiger partial charge in [0.2, 0.25) is 5.91 Å². The molecule has 0 aliphatic carbocycles. The van der Waals surface area contributed by atoms with Gasteiger partial charge in [0.1, 0.15) is 0 Å². The van der Waals surface area contributed by atoms with E-state index in [-0.39, 0.29) is 5.91 Å². The summed E-state index contributed by atoms with van der Waals surface area (Å²) in [5.41, 5.74) is 2.05. The van der Waals surface area contributed by atoms with Crippen LogP contribution in [0.15, 0.2) is 18.2 Å². The Balaban J connectivity index is 2.03. The Bertz CT molecular complexity index is 420. The summed E-state index contributed by atoms with van der Waals surface area (Å²) in [6.07, 6.45) is 1.61. The molecule has 0 fully saturated rings. The largest absolute Gasteiger partial charge is 0.315 e. The Labute approximate surface area is 107 Å². The molecule has 3 nitrogen and oxygen atoms in total. The third-order valence-corrected chi connectivity index (χ3v) is 3.15. The maximum Gasteiger partial charge on any atom is 0.231 e. The van der Waals surface area contributed by atoms with Gasteiger partial charge in [0.05, 0.1) is 6.42 Å². The molecule has 0 atom stereocenters. The molecule has 0 aromatic heterocycles. The van der Waals surface area contributed by atoms with E-state index in [4.69, 9.17) is 11.6 Å². The summed E-state index contributed by atoms with van der Waals surface area (Å²) in [5, 5.41) is 3.99. The van der Waals surface area contributed by atoms with Crippen molar-refractivity contribution in [2.75, 3.05) is 24.5 Å². The van der Waals surface area contributed by atoms with Crippen molar-refractivity contribution in [1.82, 2.24) is 5.32 Å². The summed E-state index contributed by atoms with van der Waals surface area (Å²) in [7, 11) is 0. The van der Waals surface area contributed by atoms with Crippen LogP contribution in [0.5, 0.6) is 0 Å². The predicted octanol–water partition coefficient (Wildman–Crippen LogP) is 2.23. The highest BCUT2D eigenvalue weighted by molar-refractivity contribution is 6.31. The van der Waals surface area contributed by atoms with Crippen molar-refractivity contribution in [2.24, 2.45) is 0 Å². The Hall–Kier alpha value is -1.06.